The minimum atomic E-state index is -0.135. The van der Waals surface area contributed by atoms with Crippen LogP contribution in [0.1, 0.15) is 40.6 Å². The fourth-order valence-electron chi connectivity index (χ4n) is 2.90. The number of hydrogen-bond donors (Lipinski definition) is 2. The van der Waals surface area contributed by atoms with E-state index in [1.165, 1.54) is 0 Å². The van der Waals surface area contributed by atoms with Gasteiger partial charge in [-0.2, -0.15) is 0 Å². The molecule has 0 radical (unpaired) electrons. The highest BCUT2D eigenvalue weighted by molar-refractivity contribution is 7.09. The maximum Gasteiger partial charge on any atom is 0.255 e. The third-order valence-electron chi connectivity index (χ3n) is 4.25. The van der Waals surface area contributed by atoms with Crippen molar-refractivity contribution in [3.8, 4) is 0 Å². The van der Waals surface area contributed by atoms with Crippen molar-refractivity contribution in [3.63, 3.8) is 0 Å². The lowest BCUT2D eigenvalue weighted by Gasteiger charge is -2.18. The Morgan fingerprint density at radius 3 is 2.90 bits per heavy atom. The Kier molecular flexibility index (Phi) is 2.59. The minimum Gasteiger partial charge on any atom is -0.312 e. The Balaban J connectivity index is 1.83. The standard InChI is InChI=1S/C14H16N4OS/c1-8-16-11(7-20-8)14(3-4-14)13-17-10-2-5-15-6-9(10)12(19)18-13/h7,15H,2-6H2,1H3,(H,17,18,19). The Morgan fingerprint density at radius 2 is 2.20 bits per heavy atom. The molecule has 1 aliphatic heterocycles. The minimum absolute atomic E-state index is 0.00965. The number of rotatable bonds is 2. The molecule has 0 aromatic carbocycles. The van der Waals surface area contributed by atoms with Crippen LogP contribution in [-0.4, -0.2) is 21.5 Å². The van der Waals surface area contributed by atoms with Crippen LogP contribution < -0.4 is 10.9 Å². The first-order valence-electron chi connectivity index (χ1n) is 6.95. The van der Waals surface area contributed by atoms with Gasteiger partial charge in [-0.3, -0.25) is 4.79 Å². The second-order valence-corrected chi connectivity index (χ2v) is 6.66. The lowest BCUT2D eigenvalue weighted by Crippen LogP contribution is -2.33. The van der Waals surface area contributed by atoms with Crippen LogP contribution in [0.2, 0.25) is 0 Å². The van der Waals surface area contributed by atoms with Crippen molar-refractivity contribution in [2.75, 3.05) is 6.54 Å². The summed E-state index contributed by atoms with van der Waals surface area (Å²) < 4.78 is 0. The van der Waals surface area contributed by atoms with Crippen molar-refractivity contribution in [1.82, 2.24) is 20.3 Å². The van der Waals surface area contributed by atoms with Gasteiger partial charge in [0.25, 0.3) is 5.56 Å². The molecule has 2 N–H and O–H groups in total. The van der Waals surface area contributed by atoms with Crippen molar-refractivity contribution in [1.29, 1.82) is 0 Å². The Bertz CT molecular complexity index is 729. The highest BCUT2D eigenvalue weighted by Crippen LogP contribution is 2.51. The van der Waals surface area contributed by atoms with Gasteiger partial charge in [-0.05, 0) is 19.8 Å². The maximum atomic E-state index is 12.2. The second-order valence-electron chi connectivity index (χ2n) is 5.60. The Morgan fingerprint density at radius 1 is 1.35 bits per heavy atom. The summed E-state index contributed by atoms with van der Waals surface area (Å²) in [5.74, 6) is 0.813. The van der Waals surface area contributed by atoms with Crippen LogP contribution in [0.4, 0.5) is 0 Å². The van der Waals surface area contributed by atoms with Gasteiger partial charge in [0.05, 0.1) is 27.4 Å². The lowest BCUT2D eigenvalue weighted by atomic mass is 10.0. The summed E-state index contributed by atoms with van der Waals surface area (Å²) in [5, 5.41) is 6.39. The smallest absolute Gasteiger partial charge is 0.255 e. The molecule has 1 aliphatic carbocycles. The van der Waals surface area contributed by atoms with E-state index in [1.807, 2.05) is 6.92 Å². The molecule has 6 heteroatoms. The first-order valence-corrected chi connectivity index (χ1v) is 7.83. The molecule has 0 saturated heterocycles. The van der Waals surface area contributed by atoms with E-state index in [-0.39, 0.29) is 11.0 Å². The molecular formula is C14H16N4OS. The Hall–Kier alpha value is -1.53. The molecule has 5 nitrogen and oxygen atoms in total. The molecule has 1 saturated carbocycles. The van der Waals surface area contributed by atoms with Crippen molar-refractivity contribution in [3.05, 3.63) is 43.5 Å². The van der Waals surface area contributed by atoms with Crippen LogP contribution in [0.25, 0.3) is 0 Å². The average molecular weight is 288 g/mol. The van der Waals surface area contributed by atoms with E-state index >= 15 is 0 Å². The molecule has 0 amide bonds. The number of hydrogen-bond acceptors (Lipinski definition) is 5. The summed E-state index contributed by atoms with van der Waals surface area (Å²) in [6.07, 6.45) is 2.88. The normalized spacial score (nSPS) is 19.6. The highest BCUT2D eigenvalue weighted by atomic mass is 32.1. The summed E-state index contributed by atoms with van der Waals surface area (Å²) in [5.41, 5.74) is 2.70. The second kappa shape index (κ2) is 4.23. The van der Waals surface area contributed by atoms with Gasteiger partial charge in [-0.15, -0.1) is 11.3 Å². The summed E-state index contributed by atoms with van der Waals surface area (Å²) in [6, 6.07) is 0. The van der Waals surface area contributed by atoms with E-state index in [0.717, 1.165) is 53.6 Å². The molecule has 20 heavy (non-hydrogen) atoms. The SMILES string of the molecule is Cc1nc(C2(c3nc4c(c(=O)[nH]3)CNCC4)CC2)cs1. The van der Waals surface area contributed by atoms with Gasteiger partial charge >= 0.3 is 0 Å². The molecule has 2 aliphatic rings. The van der Waals surface area contributed by atoms with Crippen molar-refractivity contribution >= 4 is 11.3 Å². The third-order valence-corrected chi connectivity index (χ3v) is 5.03. The average Bonchev–Trinajstić information content (AvgIpc) is 3.15. The third kappa shape index (κ3) is 1.75. The molecule has 2 aromatic rings. The quantitative estimate of drug-likeness (QED) is 0.873. The van der Waals surface area contributed by atoms with Gasteiger partial charge in [0.1, 0.15) is 5.82 Å². The number of thiazole rings is 1. The highest BCUT2D eigenvalue weighted by Gasteiger charge is 2.50. The number of aromatic nitrogens is 3. The van der Waals surface area contributed by atoms with Crippen LogP contribution in [0.5, 0.6) is 0 Å². The molecule has 0 unspecified atom stereocenters. The summed E-state index contributed by atoms with van der Waals surface area (Å²) in [6.45, 7) is 3.53. The van der Waals surface area contributed by atoms with E-state index in [0.29, 0.717) is 6.54 Å². The topological polar surface area (TPSA) is 70.7 Å². The van der Waals surface area contributed by atoms with Gasteiger partial charge < -0.3 is 10.3 Å². The van der Waals surface area contributed by atoms with Crippen LogP contribution in [0.15, 0.2) is 10.2 Å². The fourth-order valence-corrected chi connectivity index (χ4v) is 3.61. The number of nitrogens with zero attached hydrogens (tertiary/aromatic N) is 2. The van der Waals surface area contributed by atoms with Gasteiger partial charge in [0.15, 0.2) is 0 Å². The summed E-state index contributed by atoms with van der Waals surface area (Å²) >= 11 is 1.66. The first kappa shape index (κ1) is 12.2. The Labute approximate surface area is 120 Å². The van der Waals surface area contributed by atoms with E-state index in [9.17, 15) is 4.79 Å². The van der Waals surface area contributed by atoms with Crippen LogP contribution in [0.3, 0.4) is 0 Å². The molecule has 104 valence electrons. The number of H-pyrrole nitrogens is 1. The van der Waals surface area contributed by atoms with Gasteiger partial charge in [0, 0.05) is 24.9 Å². The largest absolute Gasteiger partial charge is 0.312 e. The predicted octanol–water partition coefficient (Wildman–Crippen LogP) is 1.26. The van der Waals surface area contributed by atoms with Crippen molar-refractivity contribution in [2.45, 2.75) is 38.1 Å². The van der Waals surface area contributed by atoms with Crippen molar-refractivity contribution in [2.24, 2.45) is 0 Å². The first-order chi connectivity index (χ1) is 9.69. The summed E-state index contributed by atoms with van der Waals surface area (Å²) in [7, 11) is 0. The number of aryl methyl sites for hydroxylation is 1. The zero-order chi connectivity index (χ0) is 13.7. The monoisotopic (exact) mass is 288 g/mol. The van der Waals surface area contributed by atoms with Gasteiger partial charge in [0.2, 0.25) is 0 Å². The molecule has 0 bridgehead atoms. The molecule has 4 rings (SSSR count). The number of fused-ring (bicyclic) bond motifs is 1. The fraction of sp³-hybridized carbons (Fsp3) is 0.500. The van der Waals surface area contributed by atoms with E-state index in [4.69, 9.17) is 4.98 Å². The zero-order valence-electron chi connectivity index (χ0n) is 11.3. The molecule has 0 spiro atoms. The van der Waals surface area contributed by atoms with Gasteiger partial charge in [-0.25, -0.2) is 9.97 Å². The summed E-state index contributed by atoms with van der Waals surface area (Å²) in [4.78, 5) is 24.6. The van der Waals surface area contributed by atoms with Crippen LogP contribution >= 0.6 is 11.3 Å². The molecular weight excluding hydrogens is 272 g/mol. The lowest BCUT2D eigenvalue weighted by molar-refractivity contribution is 0.602. The van der Waals surface area contributed by atoms with E-state index in [2.05, 4.69) is 20.7 Å². The zero-order valence-corrected chi connectivity index (χ0v) is 12.1. The van der Waals surface area contributed by atoms with Crippen molar-refractivity contribution < 1.29 is 0 Å². The number of nitrogens with one attached hydrogen (secondary N) is 2. The predicted molar refractivity (Wildman–Crippen MR) is 77.1 cm³/mol. The van der Waals surface area contributed by atoms with Crippen LogP contribution in [0, 0.1) is 6.92 Å². The van der Waals surface area contributed by atoms with Gasteiger partial charge in [-0.1, -0.05) is 0 Å². The van der Waals surface area contributed by atoms with Crippen LogP contribution in [-0.2, 0) is 18.4 Å². The van der Waals surface area contributed by atoms with E-state index in [1.54, 1.807) is 11.3 Å². The maximum absolute atomic E-state index is 12.2. The molecule has 2 aromatic heterocycles. The van der Waals surface area contributed by atoms with E-state index < -0.39 is 0 Å². The molecule has 1 fully saturated rings. The molecule has 0 atom stereocenters. The molecule has 3 heterocycles. The number of aromatic amines is 1.